The summed E-state index contributed by atoms with van der Waals surface area (Å²) in [5.41, 5.74) is 3.11. The molecule has 1 heterocycles. The second-order valence-electron chi connectivity index (χ2n) is 4.60. The Bertz CT molecular complexity index is 558. The number of H-pyrrole nitrogens is 1. The molecular formula is C14H17N3O2. The van der Waals surface area contributed by atoms with Gasteiger partial charge in [0.15, 0.2) is 5.69 Å². The lowest BCUT2D eigenvalue weighted by molar-refractivity contribution is 0.0690. The number of carboxylic acids is 1. The van der Waals surface area contributed by atoms with Crippen molar-refractivity contribution in [3.8, 4) is 0 Å². The van der Waals surface area contributed by atoms with Crippen molar-refractivity contribution in [1.82, 2.24) is 9.97 Å². The highest BCUT2D eigenvalue weighted by atomic mass is 16.4. The van der Waals surface area contributed by atoms with Gasteiger partial charge in [-0.25, -0.2) is 9.78 Å². The fraction of sp³-hybridized carbons (Fsp3) is 0.286. The Balaban J connectivity index is 2.02. The Morgan fingerprint density at radius 3 is 2.53 bits per heavy atom. The Hall–Kier alpha value is -2.30. The summed E-state index contributed by atoms with van der Waals surface area (Å²) in [6.45, 7) is 0. The van der Waals surface area contributed by atoms with Gasteiger partial charge in [0.1, 0.15) is 0 Å². The molecule has 0 unspecified atom stereocenters. The number of hydrogen-bond acceptors (Lipinski definition) is 3. The molecule has 0 fully saturated rings. The zero-order valence-corrected chi connectivity index (χ0v) is 11.1. The molecule has 5 nitrogen and oxygen atoms in total. The number of aryl methyl sites for hydroxylation is 2. The van der Waals surface area contributed by atoms with Crippen LogP contribution in [0.3, 0.4) is 0 Å². The fourth-order valence-corrected chi connectivity index (χ4v) is 1.93. The van der Waals surface area contributed by atoms with E-state index in [9.17, 15) is 4.79 Å². The van der Waals surface area contributed by atoms with E-state index < -0.39 is 5.97 Å². The second kappa shape index (κ2) is 5.56. The zero-order chi connectivity index (χ0) is 13.8. The van der Waals surface area contributed by atoms with E-state index in [0.717, 1.165) is 12.1 Å². The van der Waals surface area contributed by atoms with Crippen molar-refractivity contribution >= 4 is 11.7 Å². The highest BCUT2D eigenvalue weighted by Gasteiger charge is 2.12. The number of carbonyl (C=O) groups is 1. The van der Waals surface area contributed by atoms with Crippen LogP contribution in [0, 0.1) is 0 Å². The van der Waals surface area contributed by atoms with Crippen LogP contribution in [0.25, 0.3) is 0 Å². The second-order valence-corrected chi connectivity index (χ2v) is 4.60. The number of anilines is 1. The van der Waals surface area contributed by atoms with Crippen molar-refractivity contribution in [1.29, 1.82) is 0 Å². The number of imidazole rings is 1. The third kappa shape index (κ3) is 3.13. The lowest BCUT2D eigenvalue weighted by Gasteiger charge is -2.12. The van der Waals surface area contributed by atoms with E-state index in [2.05, 4.69) is 34.2 Å². The highest BCUT2D eigenvalue weighted by molar-refractivity contribution is 5.86. The van der Waals surface area contributed by atoms with Gasteiger partial charge in [0.2, 0.25) is 0 Å². The summed E-state index contributed by atoms with van der Waals surface area (Å²) in [6, 6.07) is 8.24. The quantitative estimate of drug-likeness (QED) is 0.861. The average Bonchev–Trinajstić information content (AvgIpc) is 2.85. The molecule has 19 heavy (non-hydrogen) atoms. The smallest absolute Gasteiger partial charge is 0.356 e. The van der Waals surface area contributed by atoms with E-state index in [0.29, 0.717) is 12.1 Å². The Labute approximate surface area is 111 Å². The number of benzene rings is 1. The molecule has 0 saturated heterocycles. The molecule has 0 amide bonds. The van der Waals surface area contributed by atoms with Gasteiger partial charge in [0.05, 0.1) is 6.33 Å². The minimum absolute atomic E-state index is 0.116. The van der Waals surface area contributed by atoms with Crippen molar-refractivity contribution in [3.63, 3.8) is 0 Å². The third-order valence-electron chi connectivity index (χ3n) is 3.04. The fourth-order valence-electron chi connectivity index (χ4n) is 1.93. The lowest BCUT2D eigenvalue weighted by Crippen LogP contribution is -2.08. The number of hydrogen-bond donors (Lipinski definition) is 2. The molecule has 2 N–H and O–H groups in total. The maximum atomic E-state index is 10.9. The number of rotatable bonds is 5. The summed E-state index contributed by atoms with van der Waals surface area (Å²) in [5, 5.41) is 8.96. The van der Waals surface area contributed by atoms with Crippen LogP contribution < -0.4 is 4.90 Å². The monoisotopic (exact) mass is 259 g/mol. The van der Waals surface area contributed by atoms with Crippen LogP contribution in [0.5, 0.6) is 0 Å². The van der Waals surface area contributed by atoms with Crippen molar-refractivity contribution in [3.05, 3.63) is 47.5 Å². The first-order valence-electron chi connectivity index (χ1n) is 6.09. The van der Waals surface area contributed by atoms with E-state index in [4.69, 9.17) is 5.11 Å². The third-order valence-corrected chi connectivity index (χ3v) is 3.04. The first kappa shape index (κ1) is 13.1. The van der Waals surface area contributed by atoms with Gasteiger partial charge in [-0.2, -0.15) is 0 Å². The minimum atomic E-state index is -0.987. The molecule has 1 aromatic heterocycles. The molecule has 0 bridgehead atoms. The Kier molecular flexibility index (Phi) is 3.85. The van der Waals surface area contributed by atoms with Gasteiger partial charge in [0, 0.05) is 25.5 Å². The molecule has 0 spiro atoms. The molecule has 0 atom stereocenters. The summed E-state index contributed by atoms with van der Waals surface area (Å²) >= 11 is 0. The number of nitrogens with zero attached hydrogens (tertiary/aromatic N) is 2. The number of aromatic nitrogens is 2. The van der Waals surface area contributed by atoms with E-state index in [-0.39, 0.29) is 5.69 Å². The van der Waals surface area contributed by atoms with Crippen molar-refractivity contribution in [2.24, 2.45) is 0 Å². The lowest BCUT2D eigenvalue weighted by atomic mass is 10.1. The van der Waals surface area contributed by atoms with Crippen molar-refractivity contribution in [2.45, 2.75) is 12.8 Å². The summed E-state index contributed by atoms with van der Waals surface area (Å²) in [4.78, 5) is 19.7. The molecule has 5 heteroatoms. The van der Waals surface area contributed by atoms with Crippen LogP contribution in [0.4, 0.5) is 5.69 Å². The Morgan fingerprint density at radius 2 is 1.95 bits per heavy atom. The van der Waals surface area contributed by atoms with Crippen LogP contribution in [0.15, 0.2) is 30.6 Å². The summed E-state index contributed by atoms with van der Waals surface area (Å²) in [7, 11) is 4.00. The molecule has 100 valence electrons. The van der Waals surface area contributed by atoms with Crippen molar-refractivity contribution in [2.75, 3.05) is 19.0 Å². The topological polar surface area (TPSA) is 69.2 Å². The minimum Gasteiger partial charge on any atom is -0.476 e. The van der Waals surface area contributed by atoms with Crippen molar-refractivity contribution < 1.29 is 9.90 Å². The normalized spacial score (nSPS) is 10.4. The summed E-state index contributed by atoms with van der Waals surface area (Å²) < 4.78 is 0. The summed E-state index contributed by atoms with van der Waals surface area (Å²) in [5.74, 6) is -0.987. The van der Waals surface area contributed by atoms with Crippen LogP contribution in [0.1, 0.15) is 21.7 Å². The van der Waals surface area contributed by atoms with E-state index >= 15 is 0 Å². The van der Waals surface area contributed by atoms with Gasteiger partial charge in [0.25, 0.3) is 0 Å². The maximum Gasteiger partial charge on any atom is 0.356 e. The maximum absolute atomic E-state index is 10.9. The van der Waals surface area contributed by atoms with Gasteiger partial charge in [-0.3, -0.25) is 0 Å². The predicted octanol–water partition coefficient (Wildman–Crippen LogP) is 1.96. The number of aromatic amines is 1. The van der Waals surface area contributed by atoms with Crippen LogP contribution in [-0.4, -0.2) is 35.1 Å². The average molecular weight is 259 g/mol. The number of aromatic carboxylic acids is 1. The standard InChI is InChI=1S/C14H17N3O2/c1-17(2)11-6-3-10(4-7-11)5-8-12-13(14(18)19)16-9-15-12/h3-4,6-7,9H,5,8H2,1-2H3,(H,15,16)(H,18,19). The van der Waals surface area contributed by atoms with Crippen LogP contribution in [-0.2, 0) is 12.8 Å². The molecule has 2 rings (SSSR count). The molecule has 0 aliphatic rings. The van der Waals surface area contributed by atoms with E-state index in [1.54, 1.807) is 0 Å². The molecule has 1 aromatic carbocycles. The van der Waals surface area contributed by atoms with E-state index in [1.165, 1.54) is 11.9 Å². The summed E-state index contributed by atoms with van der Waals surface area (Å²) in [6.07, 6.45) is 2.85. The van der Waals surface area contributed by atoms with Crippen LogP contribution >= 0.6 is 0 Å². The van der Waals surface area contributed by atoms with Gasteiger partial charge in [-0.15, -0.1) is 0 Å². The molecular weight excluding hydrogens is 242 g/mol. The zero-order valence-electron chi connectivity index (χ0n) is 11.1. The molecule has 0 aliphatic carbocycles. The SMILES string of the molecule is CN(C)c1ccc(CCc2[nH]cnc2C(=O)O)cc1. The van der Waals surface area contributed by atoms with Crippen LogP contribution in [0.2, 0.25) is 0 Å². The first-order chi connectivity index (χ1) is 9.08. The molecule has 2 aromatic rings. The molecule has 0 saturated carbocycles. The molecule has 0 aliphatic heterocycles. The molecule has 0 radical (unpaired) electrons. The first-order valence-corrected chi connectivity index (χ1v) is 6.09. The number of nitrogens with one attached hydrogen (secondary N) is 1. The van der Waals surface area contributed by atoms with E-state index in [1.807, 2.05) is 19.0 Å². The number of carboxylic acid groups (broad SMARTS) is 1. The Morgan fingerprint density at radius 1 is 1.26 bits per heavy atom. The predicted molar refractivity (Wildman–Crippen MR) is 73.7 cm³/mol. The highest BCUT2D eigenvalue weighted by Crippen LogP contribution is 2.14. The van der Waals surface area contributed by atoms with Gasteiger partial charge >= 0.3 is 5.97 Å². The largest absolute Gasteiger partial charge is 0.476 e. The van der Waals surface area contributed by atoms with Gasteiger partial charge in [-0.1, -0.05) is 12.1 Å². The van der Waals surface area contributed by atoms with Gasteiger partial charge < -0.3 is 15.0 Å². The van der Waals surface area contributed by atoms with Gasteiger partial charge in [-0.05, 0) is 30.5 Å².